The molecular weight excluding hydrogens is 198 g/mol. The fourth-order valence-corrected chi connectivity index (χ4v) is 2.51. The van der Waals surface area contributed by atoms with Gasteiger partial charge in [-0.15, -0.1) is 0 Å². The van der Waals surface area contributed by atoms with Crippen molar-refractivity contribution in [3.05, 3.63) is 0 Å². The molecule has 0 heterocycles. The van der Waals surface area contributed by atoms with Crippen LogP contribution in [0.5, 0.6) is 0 Å². The minimum Gasteiger partial charge on any atom is -0.392 e. The van der Waals surface area contributed by atoms with Gasteiger partial charge in [-0.1, -0.05) is 40.0 Å². The van der Waals surface area contributed by atoms with Crippen LogP contribution in [0.1, 0.15) is 59.3 Å². The molecule has 1 aliphatic carbocycles. The normalized spacial score (nSPS) is 29.1. The largest absolute Gasteiger partial charge is 0.392 e. The van der Waals surface area contributed by atoms with E-state index < -0.39 is 0 Å². The van der Waals surface area contributed by atoms with Crippen molar-refractivity contribution in [1.82, 2.24) is 5.32 Å². The lowest BCUT2D eigenvalue weighted by molar-refractivity contribution is 0.119. The summed E-state index contributed by atoms with van der Waals surface area (Å²) >= 11 is 0. The van der Waals surface area contributed by atoms with Crippen LogP contribution in [0.4, 0.5) is 0 Å². The quantitative estimate of drug-likeness (QED) is 0.708. The summed E-state index contributed by atoms with van der Waals surface area (Å²) in [6.45, 7) is 7.22. The van der Waals surface area contributed by atoms with Gasteiger partial charge in [-0.3, -0.25) is 0 Å². The Balaban J connectivity index is 2.22. The highest BCUT2D eigenvalue weighted by atomic mass is 16.3. The van der Waals surface area contributed by atoms with Crippen molar-refractivity contribution < 1.29 is 5.11 Å². The third kappa shape index (κ3) is 4.84. The average Bonchev–Trinajstić information content (AvgIpc) is 2.50. The number of hydrogen-bond donors (Lipinski definition) is 2. The summed E-state index contributed by atoms with van der Waals surface area (Å²) in [6, 6.07) is 0.643. The van der Waals surface area contributed by atoms with E-state index in [9.17, 15) is 5.11 Å². The number of aliphatic hydroxyl groups excluding tert-OH is 1. The molecule has 1 aliphatic rings. The standard InChI is InChI=1S/C14H29NO/c1-4-12-6-5-7-13(9-8-12)15-10-14(16)11(2)3/h11-16H,4-10H2,1-3H3. The topological polar surface area (TPSA) is 32.3 Å². The summed E-state index contributed by atoms with van der Waals surface area (Å²) in [7, 11) is 0. The Morgan fingerprint density at radius 1 is 1.19 bits per heavy atom. The summed E-state index contributed by atoms with van der Waals surface area (Å²) in [5, 5.41) is 13.3. The van der Waals surface area contributed by atoms with Crippen molar-refractivity contribution >= 4 is 0 Å². The van der Waals surface area contributed by atoms with Gasteiger partial charge in [-0.05, 0) is 31.1 Å². The lowest BCUT2D eigenvalue weighted by atomic mass is 9.98. The second-order valence-electron chi connectivity index (χ2n) is 5.70. The predicted octanol–water partition coefficient (Wildman–Crippen LogP) is 2.95. The molecule has 0 bridgehead atoms. The zero-order valence-electron chi connectivity index (χ0n) is 11.2. The maximum absolute atomic E-state index is 9.76. The highest BCUT2D eigenvalue weighted by molar-refractivity contribution is 4.76. The van der Waals surface area contributed by atoms with E-state index in [0.29, 0.717) is 12.0 Å². The van der Waals surface area contributed by atoms with Gasteiger partial charge in [-0.25, -0.2) is 0 Å². The molecule has 2 heteroatoms. The van der Waals surface area contributed by atoms with Gasteiger partial charge < -0.3 is 10.4 Å². The molecule has 0 aromatic carbocycles. The van der Waals surface area contributed by atoms with Crippen LogP contribution < -0.4 is 5.32 Å². The van der Waals surface area contributed by atoms with Crippen molar-refractivity contribution in [1.29, 1.82) is 0 Å². The van der Waals surface area contributed by atoms with E-state index in [1.807, 2.05) is 0 Å². The number of aliphatic hydroxyl groups is 1. The first-order valence-electron chi connectivity index (χ1n) is 7.05. The molecular formula is C14H29NO. The van der Waals surface area contributed by atoms with Gasteiger partial charge in [0.15, 0.2) is 0 Å². The Kier molecular flexibility index (Phi) is 6.37. The highest BCUT2D eigenvalue weighted by Gasteiger charge is 2.18. The van der Waals surface area contributed by atoms with Gasteiger partial charge in [0.1, 0.15) is 0 Å². The van der Waals surface area contributed by atoms with Gasteiger partial charge in [-0.2, -0.15) is 0 Å². The molecule has 0 amide bonds. The smallest absolute Gasteiger partial charge is 0.0687 e. The van der Waals surface area contributed by atoms with Crippen LogP contribution in [0.15, 0.2) is 0 Å². The summed E-state index contributed by atoms with van der Waals surface area (Å²) < 4.78 is 0. The first kappa shape index (κ1) is 14.0. The van der Waals surface area contributed by atoms with Gasteiger partial charge in [0, 0.05) is 12.6 Å². The molecule has 96 valence electrons. The number of nitrogens with one attached hydrogen (secondary N) is 1. The van der Waals surface area contributed by atoms with Crippen LogP contribution in [0.2, 0.25) is 0 Å². The maximum atomic E-state index is 9.76. The molecule has 1 saturated carbocycles. The summed E-state index contributed by atoms with van der Waals surface area (Å²) in [6.07, 6.45) is 7.86. The molecule has 0 saturated heterocycles. The molecule has 0 radical (unpaired) electrons. The van der Waals surface area contributed by atoms with Crippen molar-refractivity contribution in [3.63, 3.8) is 0 Å². The average molecular weight is 227 g/mol. The van der Waals surface area contributed by atoms with Gasteiger partial charge in [0.05, 0.1) is 6.10 Å². The molecule has 3 unspecified atom stereocenters. The lowest BCUT2D eigenvalue weighted by Crippen LogP contribution is -2.37. The van der Waals surface area contributed by atoms with Crippen LogP contribution in [-0.2, 0) is 0 Å². The molecule has 0 spiro atoms. The van der Waals surface area contributed by atoms with Crippen molar-refractivity contribution in [2.24, 2.45) is 11.8 Å². The van der Waals surface area contributed by atoms with E-state index in [-0.39, 0.29) is 6.10 Å². The van der Waals surface area contributed by atoms with Crippen LogP contribution in [0, 0.1) is 11.8 Å². The van der Waals surface area contributed by atoms with Gasteiger partial charge in [0.2, 0.25) is 0 Å². The predicted molar refractivity (Wildman–Crippen MR) is 69.5 cm³/mol. The zero-order chi connectivity index (χ0) is 12.0. The summed E-state index contributed by atoms with van der Waals surface area (Å²) in [4.78, 5) is 0. The Morgan fingerprint density at radius 3 is 2.56 bits per heavy atom. The fourth-order valence-electron chi connectivity index (χ4n) is 2.51. The zero-order valence-corrected chi connectivity index (χ0v) is 11.2. The van der Waals surface area contributed by atoms with Crippen LogP contribution in [0.25, 0.3) is 0 Å². The summed E-state index contributed by atoms with van der Waals surface area (Å²) in [5.41, 5.74) is 0. The SMILES string of the molecule is CCC1CCCC(NCC(O)C(C)C)CC1. The van der Waals surface area contributed by atoms with Gasteiger partial charge in [0.25, 0.3) is 0 Å². The first-order valence-corrected chi connectivity index (χ1v) is 7.05. The van der Waals surface area contributed by atoms with Crippen molar-refractivity contribution in [3.8, 4) is 0 Å². The molecule has 0 aromatic heterocycles. The van der Waals surface area contributed by atoms with Crippen molar-refractivity contribution in [2.75, 3.05) is 6.54 Å². The minimum absolute atomic E-state index is 0.190. The van der Waals surface area contributed by atoms with E-state index in [2.05, 4.69) is 26.1 Å². The van der Waals surface area contributed by atoms with Gasteiger partial charge >= 0.3 is 0 Å². The Labute approximate surface area is 101 Å². The van der Waals surface area contributed by atoms with Crippen molar-refractivity contribution in [2.45, 2.75) is 71.4 Å². The maximum Gasteiger partial charge on any atom is 0.0687 e. The van der Waals surface area contributed by atoms with E-state index >= 15 is 0 Å². The third-order valence-electron chi connectivity index (χ3n) is 4.05. The third-order valence-corrected chi connectivity index (χ3v) is 4.05. The highest BCUT2D eigenvalue weighted by Crippen LogP contribution is 2.25. The second-order valence-corrected chi connectivity index (χ2v) is 5.70. The van der Waals surface area contributed by atoms with Crippen LogP contribution in [0.3, 0.4) is 0 Å². The molecule has 0 aromatic rings. The molecule has 3 atom stereocenters. The van der Waals surface area contributed by atoms with E-state index in [4.69, 9.17) is 0 Å². The first-order chi connectivity index (χ1) is 7.63. The number of hydrogen-bond acceptors (Lipinski definition) is 2. The molecule has 1 fully saturated rings. The Bertz CT molecular complexity index is 182. The minimum atomic E-state index is -0.190. The monoisotopic (exact) mass is 227 g/mol. The lowest BCUT2D eigenvalue weighted by Gasteiger charge is -2.21. The van der Waals surface area contributed by atoms with E-state index in [1.54, 1.807) is 0 Å². The Morgan fingerprint density at radius 2 is 1.94 bits per heavy atom. The number of rotatable bonds is 5. The van der Waals surface area contributed by atoms with E-state index in [1.165, 1.54) is 38.5 Å². The second kappa shape index (κ2) is 7.29. The molecule has 1 rings (SSSR count). The van der Waals surface area contributed by atoms with Crippen LogP contribution >= 0.6 is 0 Å². The van der Waals surface area contributed by atoms with Crippen LogP contribution in [-0.4, -0.2) is 23.8 Å². The fraction of sp³-hybridized carbons (Fsp3) is 1.00. The molecule has 2 nitrogen and oxygen atoms in total. The molecule has 0 aliphatic heterocycles. The summed E-state index contributed by atoms with van der Waals surface area (Å²) in [5.74, 6) is 1.31. The Hall–Kier alpha value is -0.0800. The molecule has 2 N–H and O–H groups in total. The molecule has 16 heavy (non-hydrogen) atoms. The van der Waals surface area contributed by atoms with E-state index in [0.717, 1.165) is 12.5 Å².